The summed E-state index contributed by atoms with van der Waals surface area (Å²) in [6.07, 6.45) is 7.05. The highest BCUT2D eigenvalue weighted by Crippen LogP contribution is 2.35. The van der Waals surface area contributed by atoms with Crippen molar-refractivity contribution in [3.05, 3.63) is 0 Å². The van der Waals surface area contributed by atoms with Crippen LogP contribution in [-0.2, 0) is 0 Å². The summed E-state index contributed by atoms with van der Waals surface area (Å²) < 4.78 is 0. The molecular formula is C15H26N2O. The molecular weight excluding hydrogens is 224 g/mol. The maximum absolute atomic E-state index is 9.35. The molecule has 4 unspecified atom stereocenters. The fourth-order valence-electron chi connectivity index (χ4n) is 3.70. The summed E-state index contributed by atoms with van der Waals surface area (Å²) in [6, 6.07) is 2.97. The topological polar surface area (TPSA) is 47.3 Å². The van der Waals surface area contributed by atoms with Crippen LogP contribution in [0.3, 0.4) is 0 Å². The molecule has 1 heterocycles. The van der Waals surface area contributed by atoms with Crippen LogP contribution in [0.1, 0.15) is 45.4 Å². The van der Waals surface area contributed by atoms with Gasteiger partial charge in [-0.25, -0.2) is 0 Å². The van der Waals surface area contributed by atoms with Crippen molar-refractivity contribution in [1.29, 1.82) is 5.26 Å². The molecule has 2 rings (SSSR count). The van der Waals surface area contributed by atoms with Crippen LogP contribution in [0.25, 0.3) is 0 Å². The van der Waals surface area contributed by atoms with E-state index in [1.165, 1.54) is 25.7 Å². The largest absolute Gasteiger partial charge is 0.396 e. The molecule has 18 heavy (non-hydrogen) atoms. The third kappa shape index (κ3) is 3.05. The third-order valence-corrected chi connectivity index (χ3v) is 4.95. The number of piperidine rings is 1. The Morgan fingerprint density at radius 2 is 2.11 bits per heavy atom. The van der Waals surface area contributed by atoms with Gasteiger partial charge < -0.3 is 5.11 Å². The Kier molecular flexibility index (Phi) is 5.03. The smallest absolute Gasteiger partial charge is 0.0672 e. The number of rotatable bonds is 3. The van der Waals surface area contributed by atoms with E-state index in [0.717, 1.165) is 31.8 Å². The lowest BCUT2D eigenvalue weighted by atomic mass is 9.76. The first-order chi connectivity index (χ1) is 8.78. The molecule has 0 aromatic rings. The molecule has 1 saturated heterocycles. The van der Waals surface area contributed by atoms with E-state index in [0.29, 0.717) is 18.6 Å². The summed E-state index contributed by atoms with van der Waals surface area (Å²) in [6.45, 7) is 4.68. The van der Waals surface area contributed by atoms with Crippen LogP contribution >= 0.6 is 0 Å². The van der Waals surface area contributed by atoms with Crippen LogP contribution in [0.5, 0.6) is 0 Å². The van der Waals surface area contributed by atoms with Gasteiger partial charge in [-0.15, -0.1) is 0 Å². The van der Waals surface area contributed by atoms with Crippen LogP contribution < -0.4 is 0 Å². The molecule has 1 aliphatic heterocycles. The van der Waals surface area contributed by atoms with Crippen molar-refractivity contribution < 1.29 is 5.11 Å². The zero-order chi connectivity index (χ0) is 13.0. The second-order valence-electron chi connectivity index (χ2n) is 6.08. The molecule has 3 nitrogen and oxygen atoms in total. The SMILES string of the molecule is CCC1CCC(C#N)C(N2CCCC(CO)C2)C1. The van der Waals surface area contributed by atoms with Gasteiger partial charge >= 0.3 is 0 Å². The first-order valence-electron chi connectivity index (χ1n) is 7.53. The average Bonchev–Trinajstić information content (AvgIpc) is 2.46. The average molecular weight is 250 g/mol. The number of hydrogen-bond donors (Lipinski definition) is 1. The van der Waals surface area contributed by atoms with Gasteiger partial charge in [-0.1, -0.05) is 13.3 Å². The van der Waals surface area contributed by atoms with Crippen LogP contribution in [0.4, 0.5) is 0 Å². The Morgan fingerprint density at radius 1 is 1.28 bits per heavy atom. The lowest BCUT2D eigenvalue weighted by molar-refractivity contribution is 0.0438. The minimum Gasteiger partial charge on any atom is -0.396 e. The van der Waals surface area contributed by atoms with E-state index in [9.17, 15) is 10.4 Å². The molecule has 0 bridgehead atoms. The highest BCUT2D eigenvalue weighted by Gasteiger charge is 2.35. The monoisotopic (exact) mass is 250 g/mol. The number of likely N-dealkylation sites (tertiary alicyclic amines) is 1. The third-order valence-electron chi connectivity index (χ3n) is 4.95. The lowest BCUT2D eigenvalue weighted by Crippen LogP contribution is -2.49. The number of nitriles is 1. The number of aliphatic hydroxyl groups excluding tert-OH is 1. The second-order valence-corrected chi connectivity index (χ2v) is 6.08. The first kappa shape index (κ1) is 13.8. The first-order valence-corrected chi connectivity index (χ1v) is 7.53. The van der Waals surface area contributed by atoms with Gasteiger partial charge in [-0.2, -0.15) is 5.26 Å². The van der Waals surface area contributed by atoms with Gasteiger partial charge in [-0.3, -0.25) is 4.90 Å². The predicted octanol–water partition coefficient (Wildman–Crippen LogP) is 2.41. The summed E-state index contributed by atoms with van der Waals surface area (Å²) in [5, 5.41) is 18.7. The molecule has 4 atom stereocenters. The molecule has 0 aromatic heterocycles. The van der Waals surface area contributed by atoms with Gasteiger partial charge in [0.2, 0.25) is 0 Å². The van der Waals surface area contributed by atoms with E-state index >= 15 is 0 Å². The minimum atomic E-state index is 0.213. The van der Waals surface area contributed by atoms with Crippen molar-refractivity contribution in [2.75, 3.05) is 19.7 Å². The van der Waals surface area contributed by atoms with Gasteiger partial charge in [0, 0.05) is 19.2 Å². The van der Waals surface area contributed by atoms with Crippen molar-refractivity contribution in [3.8, 4) is 6.07 Å². The van der Waals surface area contributed by atoms with Gasteiger partial charge in [-0.05, 0) is 50.5 Å². The van der Waals surface area contributed by atoms with Crippen molar-refractivity contribution in [1.82, 2.24) is 4.90 Å². The maximum Gasteiger partial charge on any atom is 0.0672 e. The lowest BCUT2D eigenvalue weighted by Gasteiger charge is -2.43. The molecule has 2 fully saturated rings. The van der Waals surface area contributed by atoms with E-state index in [-0.39, 0.29) is 5.92 Å². The van der Waals surface area contributed by atoms with E-state index in [4.69, 9.17) is 0 Å². The molecule has 0 aromatic carbocycles. The minimum absolute atomic E-state index is 0.213. The van der Waals surface area contributed by atoms with Gasteiger partial charge in [0.05, 0.1) is 12.0 Å². The Bertz CT molecular complexity index is 299. The van der Waals surface area contributed by atoms with Crippen LogP contribution in [0, 0.1) is 29.1 Å². The molecule has 1 aliphatic carbocycles. The number of hydrogen-bond acceptors (Lipinski definition) is 3. The molecule has 1 saturated carbocycles. The predicted molar refractivity (Wildman–Crippen MR) is 71.9 cm³/mol. The van der Waals surface area contributed by atoms with Crippen molar-refractivity contribution in [2.24, 2.45) is 17.8 Å². The highest BCUT2D eigenvalue weighted by atomic mass is 16.3. The number of nitrogens with zero attached hydrogens (tertiary/aromatic N) is 2. The summed E-state index contributed by atoms with van der Waals surface area (Å²) in [5.74, 6) is 1.44. The van der Waals surface area contributed by atoms with Crippen LogP contribution in [0.2, 0.25) is 0 Å². The van der Waals surface area contributed by atoms with Crippen molar-refractivity contribution >= 4 is 0 Å². The summed E-state index contributed by atoms with van der Waals surface area (Å²) in [4.78, 5) is 2.50. The Labute approximate surface area is 111 Å². The maximum atomic E-state index is 9.35. The molecule has 102 valence electrons. The van der Waals surface area contributed by atoms with E-state index in [1.54, 1.807) is 0 Å². The normalized spacial score (nSPS) is 38.3. The molecule has 0 radical (unpaired) electrons. The summed E-state index contributed by atoms with van der Waals surface area (Å²) >= 11 is 0. The van der Waals surface area contributed by atoms with Gasteiger partial charge in [0.25, 0.3) is 0 Å². The fraction of sp³-hybridized carbons (Fsp3) is 0.933. The van der Waals surface area contributed by atoms with Gasteiger partial charge in [0.1, 0.15) is 0 Å². The molecule has 2 aliphatic rings. The van der Waals surface area contributed by atoms with Crippen LogP contribution in [0.15, 0.2) is 0 Å². The summed E-state index contributed by atoms with van der Waals surface area (Å²) in [7, 11) is 0. The fourth-order valence-corrected chi connectivity index (χ4v) is 3.70. The standard InChI is InChI=1S/C15H26N2O/c1-2-12-5-6-14(9-16)15(8-12)17-7-3-4-13(10-17)11-18/h12-15,18H,2-8,10-11H2,1H3. The van der Waals surface area contributed by atoms with E-state index in [2.05, 4.69) is 17.9 Å². The van der Waals surface area contributed by atoms with E-state index in [1.807, 2.05) is 0 Å². The molecule has 0 amide bonds. The Balaban J connectivity index is 2.01. The van der Waals surface area contributed by atoms with E-state index < -0.39 is 0 Å². The number of aliphatic hydroxyl groups is 1. The van der Waals surface area contributed by atoms with Gasteiger partial charge in [0.15, 0.2) is 0 Å². The van der Waals surface area contributed by atoms with Crippen LogP contribution in [-0.4, -0.2) is 35.7 Å². The Hall–Kier alpha value is -0.590. The Morgan fingerprint density at radius 3 is 2.78 bits per heavy atom. The molecule has 1 N–H and O–H groups in total. The zero-order valence-corrected chi connectivity index (χ0v) is 11.5. The zero-order valence-electron chi connectivity index (χ0n) is 11.5. The highest BCUT2D eigenvalue weighted by molar-refractivity contribution is 4.98. The second kappa shape index (κ2) is 6.54. The summed E-state index contributed by atoms with van der Waals surface area (Å²) in [5.41, 5.74) is 0. The quantitative estimate of drug-likeness (QED) is 0.836. The molecule has 0 spiro atoms. The van der Waals surface area contributed by atoms with Crippen molar-refractivity contribution in [3.63, 3.8) is 0 Å². The molecule has 3 heteroatoms. The van der Waals surface area contributed by atoms with Crippen molar-refractivity contribution in [2.45, 2.75) is 51.5 Å².